The second kappa shape index (κ2) is 9.10. The van der Waals surface area contributed by atoms with E-state index in [-0.39, 0.29) is 0 Å². The van der Waals surface area contributed by atoms with E-state index in [4.69, 9.17) is 14.0 Å². The van der Waals surface area contributed by atoms with E-state index in [2.05, 4.69) is 0 Å². The number of ether oxygens (including phenoxy) is 1. The fraction of sp³-hybridized carbons (Fsp3) is 0.381. The van der Waals surface area contributed by atoms with Crippen molar-refractivity contribution in [3.8, 4) is 11.5 Å². The van der Waals surface area contributed by atoms with Crippen LogP contribution in [0.3, 0.4) is 0 Å². The summed E-state index contributed by atoms with van der Waals surface area (Å²) in [4.78, 5) is 11.1. The summed E-state index contributed by atoms with van der Waals surface area (Å²) in [6.07, 6.45) is 4.83. The molecule has 28 heavy (non-hydrogen) atoms. The van der Waals surface area contributed by atoms with Crippen LogP contribution in [0.4, 0.5) is 0 Å². The third-order valence-corrected chi connectivity index (χ3v) is 4.66. The predicted molar refractivity (Wildman–Crippen MR) is 107 cm³/mol. The van der Waals surface area contributed by atoms with Gasteiger partial charge < -0.3 is 14.0 Å². The molecule has 1 N–H and O–H groups in total. The van der Waals surface area contributed by atoms with Gasteiger partial charge in [0.1, 0.15) is 11.5 Å². The number of carboxylic acids is 1. The third-order valence-electron chi connectivity index (χ3n) is 4.16. The van der Waals surface area contributed by atoms with Crippen molar-refractivity contribution in [1.82, 2.24) is 0 Å². The zero-order chi connectivity index (χ0) is 20.8. The van der Waals surface area contributed by atoms with Crippen molar-refractivity contribution in [2.24, 2.45) is 0 Å². The molecular weight excluding hydrogens is 380 g/mol. The molecule has 0 aliphatic carbocycles. The van der Waals surface area contributed by atoms with Gasteiger partial charge >= 0.3 is 16.1 Å². The SMILES string of the molecule is CC(C)(Oc1ccc(CCCCc2ccc(OS(C)(=O)=O)cc2)cc1)C(=O)O. The molecule has 0 heterocycles. The summed E-state index contributed by atoms with van der Waals surface area (Å²) >= 11 is 0. The molecule has 0 saturated carbocycles. The Hall–Kier alpha value is -2.54. The van der Waals surface area contributed by atoms with Crippen LogP contribution in [0.15, 0.2) is 48.5 Å². The number of aryl methyl sites for hydroxylation is 2. The molecule has 0 amide bonds. The molecule has 7 heteroatoms. The summed E-state index contributed by atoms with van der Waals surface area (Å²) in [6.45, 7) is 3.03. The maximum Gasteiger partial charge on any atom is 0.347 e. The van der Waals surface area contributed by atoms with E-state index >= 15 is 0 Å². The van der Waals surface area contributed by atoms with Crippen LogP contribution in [0, 0.1) is 0 Å². The molecule has 0 aromatic heterocycles. The first-order valence-corrected chi connectivity index (χ1v) is 10.9. The Morgan fingerprint density at radius 3 is 1.71 bits per heavy atom. The molecule has 2 aromatic rings. The first-order chi connectivity index (χ1) is 13.0. The Balaban J connectivity index is 1.77. The second-order valence-electron chi connectivity index (χ2n) is 7.20. The fourth-order valence-electron chi connectivity index (χ4n) is 2.61. The standard InChI is InChI=1S/C21H26O6S/c1-21(2,20(22)23)26-18-12-8-16(9-13-18)6-4-5-7-17-10-14-19(15-11-17)27-28(3,24)25/h8-15H,4-7H2,1-3H3,(H,22,23). The van der Waals surface area contributed by atoms with E-state index < -0.39 is 21.7 Å². The lowest BCUT2D eigenvalue weighted by molar-refractivity contribution is -0.152. The van der Waals surface area contributed by atoms with Crippen LogP contribution in [-0.2, 0) is 27.8 Å². The highest BCUT2D eigenvalue weighted by Gasteiger charge is 2.29. The second-order valence-corrected chi connectivity index (χ2v) is 8.77. The predicted octanol–water partition coefficient (Wildman–Crippen LogP) is 3.83. The molecule has 0 aliphatic heterocycles. The molecule has 0 bridgehead atoms. The highest BCUT2D eigenvalue weighted by atomic mass is 32.2. The number of hydrogen-bond acceptors (Lipinski definition) is 5. The van der Waals surface area contributed by atoms with E-state index in [1.54, 1.807) is 24.3 Å². The van der Waals surface area contributed by atoms with E-state index in [9.17, 15) is 13.2 Å². The number of benzene rings is 2. The normalized spacial score (nSPS) is 11.8. The van der Waals surface area contributed by atoms with Crippen molar-refractivity contribution in [1.29, 1.82) is 0 Å². The first kappa shape index (κ1) is 21.8. The molecule has 0 spiro atoms. The summed E-state index contributed by atoms with van der Waals surface area (Å²) in [6, 6.07) is 14.5. The number of rotatable bonds is 10. The molecule has 0 radical (unpaired) electrons. The zero-order valence-corrected chi connectivity index (χ0v) is 17.2. The van der Waals surface area contributed by atoms with Crippen LogP contribution >= 0.6 is 0 Å². The van der Waals surface area contributed by atoms with Crippen molar-refractivity contribution < 1.29 is 27.2 Å². The monoisotopic (exact) mass is 406 g/mol. The minimum atomic E-state index is -3.50. The smallest absolute Gasteiger partial charge is 0.347 e. The summed E-state index contributed by atoms with van der Waals surface area (Å²) in [5.74, 6) is -0.153. The molecule has 0 atom stereocenters. The topological polar surface area (TPSA) is 89.9 Å². The third kappa shape index (κ3) is 7.23. The summed E-state index contributed by atoms with van der Waals surface area (Å²) in [5.41, 5.74) is 1.03. The molecule has 152 valence electrons. The summed E-state index contributed by atoms with van der Waals surface area (Å²) in [7, 11) is -3.50. The maximum atomic E-state index is 11.1. The van der Waals surface area contributed by atoms with Crippen molar-refractivity contribution in [2.45, 2.75) is 45.1 Å². The molecular formula is C21H26O6S. The maximum absolute atomic E-state index is 11.1. The molecule has 2 rings (SSSR count). The van der Waals surface area contributed by atoms with E-state index in [1.807, 2.05) is 24.3 Å². The van der Waals surface area contributed by atoms with E-state index in [0.717, 1.165) is 43.1 Å². The van der Waals surface area contributed by atoms with Gasteiger partial charge in [-0.3, -0.25) is 0 Å². The number of carboxylic acid groups (broad SMARTS) is 1. The molecule has 0 saturated heterocycles. The lowest BCUT2D eigenvalue weighted by Crippen LogP contribution is -2.37. The Morgan fingerprint density at radius 1 is 0.893 bits per heavy atom. The van der Waals surface area contributed by atoms with Crippen molar-refractivity contribution in [3.63, 3.8) is 0 Å². The van der Waals surface area contributed by atoms with Crippen LogP contribution in [0.5, 0.6) is 11.5 Å². The van der Waals surface area contributed by atoms with Gasteiger partial charge in [-0.25, -0.2) is 4.79 Å². The van der Waals surface area contributed by atoms with Gasteiger partial charge in [0.05, 0.1) is 6.26 Å². The number of carbonyl (C=O) groups is 1. The van der Waals surface area contributed by atoms with Crippen LogP contribution in [0.2, 0.25) is 0 Å². The first-order valence-electron chi connectivity index (χ1n) is 9.05. The van der Waals surface area contributed by atoms with Crippen molar-refractivity contribution in [3.05, 3.63) is 59.7 Å². The summed E-state index contributed by atoms with van der Waals surface area (Å²) in [5, 5.41) is 9.10. The molecule has 0 unspecified atom stereocenters. The van der Waals surface area contributed by atoms with Gasteiger partial charge in [-0.15, -0.1) is 0 Å². The highest BCUT2D eigenvalue weighted by molar-refractivity contribution is 7.86. The van der Waals surface area contributed by atoms with Gasteiger partial charge in [0, 0.05) is 0 Å². The van der Waals surface area contributed by atoms with E-state index in [0.29, 0.717) is 11.5 Å². The van der Waals surface area contributed by atoms with Gasteiger partial charge in [-0.1, -0.05) is 24.3 Å². The molecule has 0 aliphatic rings. The van der Waals surface area contributed by atoms with Crippen molar-refractivity contribution in [2.75, 3.05) is 6.26 Å². The Bertz CT molecular complexity index is 883. The minimum Gasteiger partial charge on any atom is -0.478 e. The Kier molecular flexibility index (Phi) is 7.07. The average Bonchev–Trinajstić information content (AvgIpc) is 2.60. The van der Waals surface area contributed by atoms with Crippen molar-refractivity contribution >= 4 is 16.1 Å². The van der Waals surface area contributed by atoms with E-state index in [1.165, 1.54) is 13.8 Å². The average molecular weight is 407 g/mol. The lowest BCUT2D eigenvalue weighted by Gasteiger charge is -2.21. The number of hydrogen-bond donors (Lipinski definition) is 1. The van der Waals surface area contributed by atoms with Gasteiger partial charge in [-0.2, -0.15) is 8.42 Å². The quantitative estimate of drug-likeness (QED) is 0.476. The molecule has 2 aromatic carbocycles. The Labute approximate surface area is 166 Å². The largest absolute Gasteiger partial charge is 0.478 e. The van der Waals surface area contributed by atoms with Gasteiger partial charge in [0.25, 0.3) is 0 Å². The number of aliphatic carboxylic acids is 1. The van der Waals surface area contributed by atoms with Gasteiger partial charge in [-0.05, 0) is 74.9 Å². The fourth-order valence-corrected chi connectivity index (χ4v) is 3.07. The van der Waals surface area contributed by atoms with Crippen LogP contribution in [0.25, 0.3) is 0 Å². The molecule has 0 fully saturated rings. The van der Waals surface area contributed by atoms with Gasteiger partial charge in [0.2, 0.25) is 0 Å². The zero-order valence-electron chi connectivity index (χ0n) is 16.3. The van der Waals surface area contributed by atoms with Crippen LogP contribution in [0.1, 0.15) is 37.8 Å². The Morgan fingerprint density at radius 2 is 1.32 bits per heavy atom. The minimum absolute atomic E-state index is 0.319. The summed E-state index contributed by atoms with van der Waals surface area (Å²) < 4.78 is 32.5. The molecule has 6 nitrogen and oxygen atoms in total. The lowest BCUT2D eigenvalue weighted by atomic mass is 10.0. The van der Waals surface area contributed by atoms with Crippen LogP contribution in [-0.4, -0.2) is 31.4 Å². The number of unbranched alkanes of at least 4 members (excludes halogenated alkanes) is 1. The van der Waals surface area contributed by atoms with Gasteiger partial charge in [0.15, 0.2) is 5.60 Å². The van der Waals surface area contributed by atoms with Crippen LogP contribution < -0.4 is 8.92 Å². The highest BCUT2D eigenvalue weighted by Crippen LogP contribution is 2.20.